The molecule has 0 spiro atoms. The molecule has 2 aromatic rings. The molecule has 1 atom stereocenters. The maximum absolute atomic E-state index is 10.2. The molecule has 0 radical (unpaired) electrons. The number of aromatic nitrogens is 3. The molecule has 0 aromatic carbocycles. The summed E-state index contributed by atoms with van der Waals surface area (Å²) in [5, 5.41) is 13.6. The van der Waals surface area contributed by atoms with E-state index in [-0.39, 0.29) is 17.4 Å². The second kappa shape index (κ2) is 5.89. The van der Waals surface area contributed by atoms with Crippen LogP contribution < -0.4 is 5.32 Å². The number of aliphatic hydroxyl groups excluding tert-OH is 1. The molecule has 2 N–H and O–H groups in total. The Morgan fingerprint density at radius 3 is 2.80 bits per heavy atom. The molecule has 0 amide bonds. The maximum Gasteiger partial charge on any atom is 0.155 e. The van der Waals surface area contributed by atoms with Gasteiger partial charge in [-0.3, -0.25) is 9.38 Å². The number of fused-ring (bicyclic) bond motifs is 1. The number of imidazole rings is 1. The highest BCUT2D eigenvalue weighted by atomic mass is 16.3. The lowest BCUT2D eigenvalue weighted by Crippen LogP contribution is -2.41. The standard InChI is InChI=1S/C15H24N4O/c1-11(2)14(20)15(3,4)10-17-7-12-8-18-13-9-16-5-6-19(12)13/h5-6,8-9,11,14,17,20H,7,10H2,1-4H3. The molecule has 5 nitrogen and oxygen atoms in total. The first-order valence-electron chi connectivity index (χ1n) is 7.06. The molecule has 0 saturated carbocycles. The van der Waals surface area contributed by atoms with Gasteiger partial charge in [0.1, 0.15) is 0 Å². The highest BCUT2D eigenvalue weighted by Gasteiger charge is 2.29. The lowest BCUT2D eigenvalue weighted by molar-refractivity contribution is 0.0134. The molecule has 2 rings (SSSR count). The topological polar surface area (TPSA) is 62.5 Å². The van der Waals surface area contributed by atoms with Crippen molar-refractivity contribution in [2.75, 3.05) is 6.54 Å². The molecule has 20 heavy (non-hydrogen) atoms. The van der Waals surface area contributed by atoms with Gasteiger partial charge in [-0.05, 0) is 5.92 Å². The van der Waals surface area contributed by atoms with Crippen LogP contribution in [0.15, 0.2) is 24.8 Å². The van der Waals surface area contributed by atoms with Crippen molar-refractivity contribution in [2.24, 2.45) is 11.3 Å². The quantitative estimate of drug-likeness (QED) is 0.845. The number of nitrogens with zero attached hydrogens (tertiary/aromatic N) is 3. The summed E-state index contributed by atoms with van der Waals surface area (Å²) in [6, 6.07) is 0. The molecular weight excluding hydrogens is 252 g/mol. The molecule has 2 heterocycles. The normalized spacial score (nSPS) is 14.1. The first kappa shape index (κ1) is 14.9. The van der Waals surface area contributed by atoms with Crippen LogP contribution in [0.1, 0.15) is 33.4 Å². The Hall–Kier alpha value is -1.46. The summed E-state index contributed by atoms with van der Waals surface area (Å²) in [7, 11) is 0. The third-order valence-corrected chi connectivity index (χ3v) is 3.71. The Morgan fingerprint density at radius 2 is 2.10 bits per heavy atom. The molecule has 0 saturated heterocycles. The summed E-state index contributed by atoms with van der Waals surface area (Å²) in [5.41, 5.74) is 1.79. The number of nitrogens with one attached hydrogen (secondary N) is 1. The maximum atomic E-state index is 10.2. The number of aliphatic hydroxyl groups is 1. The van der Waals surface area contributed by atoms with Gasteiger partial charge in [0.05, 0.1) is 24.2 Å². The third-order valence-electron chi connectivity index (χ3n) is 3.71. The van der Waals surface area contributed by atoms with Gasteiger partial charge in [0.25, 0.3) is 0 Å². The Bertz CT molecular complexity index is 562. The monoisotopic (exact) mass is 276 g/mol. The van der Waals surface area contributed by atoms with Gasteiger partial charge >= 0.3 is 0 Å². The molecular formula is C15H24N4O. The minimum Gasteiger partial charge on any atom is -0.392 e. The molecule has 0 aliphatic carbocycles. The van der Waals surface area contributed by atoms with Gasteiger partial charge in [-0.2, -0.15) is 0 Å². The average molecular weight is 276 g/mol. The van der Waals surface area contributed by atoms with Crippen LogP contribution in [0.2, 0.25) is 0 Å². The second-order valence-electron chi connectivity index (χ2n) is 6.34. The van der Waals surface area contributed by atoms with E-state index in [9.17, 15) is 5.11 Å². The van der Waals surface area contributed by atoms with Crippen molar-refractivity contribution >= 4 is 5.65 Å². The van der Waals surface area contributed by atoms with Crippen LogP contribution in [-0.2, 0) is 6.54 Å². The van der Waals surface area contributed by atoms with Crippen LogP contribution in [0.3, 0.4) is 0 Å². The molecule has 1 unspecified atom stereocenters. The van der Waals surface area contributed by atoms with E-state index in [0.717, 1.165) is 24.4 Å². The van der Waals surface area contributed by atoms with Crippen molar-refractivity contribution in [1.29, 1.82) is 0 Å². The van der Waals surface area contributed by atoms with Crippen molar-refractivity contribution in [3.8, 4) is 0 Å². The summed E-state index contributed by atoms with van der Waals surface area (Å²) in [6.45, 7) is 9.74. The zero-order valence-electron chi connectivity index (χ0n) is 12.7. The van der Waals surface area contributed by atoms with Crippen molar-refractivity contribution in [3.05, 3.63) is 30.5 Å². The van der Waals surface area contributed by atoms with Gasteiger partial charge in [0, 0.05) is 30.9 Å². The van der Waals surface area contributed by atoms with Crippen LogP contribution in [0, 0.1) is 11.3 Å². The smallest absolute Gasteiger partial charge is 0.155 e. The van der Waals surface area contributed by atoms with Crippen molar-refractivity contribution < 1.29 is 5.11 Å². The Balaban J connectivity index is 1.96. The zero-order valence-corrected chi connectivity index (χ0v) is 12.7. The van der Waals surface area contributed by atoms with E-state index < -0.39 is 0 Å². The lowest BCUT2D eigenvalue weighted by atomic mass is 9.81. The van der Waals surface area contributed by atoms with E-state index in [2.05, 4.69) is 29.1 Å². The van der Waals surface area contributed by atoms with Crippen LogP contribution in [0.25, 0.3) is 5.65 Å². The molecule has 0 aliphatic rings. The Kier molecular flexibility index (Phi) is 4.40. The van der Waals surface area contributed by atoms with Crippen molar-refractivity contribution in [3.63, 3.8) is 0 Å². The third kappa shape index (κ3) is 3.16. The number of rotatable bonds is 6. The van der Waals surface area contributed by atoms with E-state index in [1.807, 2.05) is 30.6 Å². The Morgan fingerprint density at radius 1 is 1.35 bits per heavy atom. The summed E-state index contributed by atoms with van der Waals surface area (Å²) in [5.74, 6) is 0.258. The predicted octanol–water partition coefficient (Wildman–Crippen LogP) is 1.86. The average Bonchev–Trinajstić information content (AvgIpc) is 2.81. The Labute approximate surface area is 120 Å². The SMILES string of the molecule is CC(C)C(O)C(C)(C)CNCc1cnc2cnccn12. The number of hydrogen-bond donors (Lipinski definition) is 2. The van der Waals surface area contributed by atoms with Gasteiger partial charge in [0.2, 0.25) is 0 Å². The summed E-state index contributed by atoms with van der Waals surface area (Å²) < 4.78 is 2.02. The zero-order chi connectivity index (χ0) is 14.8. The first-order chi connectivity index (χ1) is 9.42. The van der Waals surface area contributed by atoms with Crippen LogP contribution in [0.5, 0.6) is 0 Å². The molecule has 2 aromatic heterocycles. The van der Waals surface area contributed by atoms with Gasteiger partial charge < -0.3 is 10.4 Å². The van der Waals surface area contributed by atoms with Gasteiger partial charge in [0.15, 0.2) is 5.65 Å². The molecule has 110 valence electrons. The molecule has 0 fully saturated rings. The largest absolute Gasteiger partial charge is 0.392 e. The fourth-order valence-corrected chi connectivity index (χ4v) is 2.55. The first-order valence-corrected chi connectivity index (χ1v) is 7.06. The van der Waals surface area contributed by atoms with E-state index in [4.69, 9.17) is 0 Å². The highest BCUT2D eigenvalue weighted by molar-refractivity contribution is 5.36. The fourth-order valence-electron chi connectivity index (χ4n) is 2.55. The van der Waals surface area contributed by atoms with Gasteiger partial charge in [-0.15, -0.1) is 0 Å². The summed E-state index contributed by atoms with van der Waals surface area (Å²) >= 11 is 0. The van der Waals surface area contributed by atoms with Gasteiger partial charge in [-0.25, -0.2) is 4.98 Å². The van der Waals surface area contributed by atoms with Crippen LogP contribution >= 0.6 is 0 Å². The lowest BCUT2D eigenvalue weighted by Gasteiger charge is -2.33. The van der Waals surface area contributed by atoms with E-state index in [1.54, 1.807) is 12.4 Å². The van der Waals surface area contributed by atoms with Crippen LogP contribution in [0.4, 0.5) is 0 Å². The van der Waals surface area contributed by atoms with E-state index in [1.165, 1.54) is 0 Å². The summed E-state index contributed by atoms with van der Waals surface area (Å²) in [4.78, 5) is 8.36. The molecule has 0 bridgehead atoms. The van der Waals surface area contributed by atoms with Crippen molar-refractivity contribution in [2.45, 2.75) is 40.3 Å². The van der Waals surface area contributed by atoms with Gasteiger partial charge in [-0.1, -0.05) is 27.7 Å². The minimum absolute atomic E-state index is 0.157. The predicted molar refractivity (Wildman–Crippen MR) is 79.3 cm³/mol. The summed E-state index contributed by atoms with van der Waals surface area (Å²) in [6.07, 6.45) is 6.95. The van der Waals surface area contributed by atoms with Crippen molar-refractivity contribution in [1.82, 2.24) is 19.7 Å². The van der Waals surface area contributed by atoms with E-state index in [0.29, 0.717) is 0 Å². The number of hydrogen-bond acceptors (Lipinski definition) is 4. The highest BCUT2D eigenvalue weighted by Crippen LogP contribution is 2.25. The van der Waals surface area contributed by atoms with E-state index >= 15 is 0 Å². The molecule has 0 aliphatic heterocycles. The second-order valence-corrected chi connectivity index (χ2v) is 6.34. The van der Waals surface area contributed by atoms with Crippen LogP contribution in [-0.4, -0.2) is 32.1 Å². The minimum atomic E-state index is -0.318. The molecule has 5 heteroatoms. The fraction of sp³-hybridized carbons (Fsp3) is 0.600.